The maximum atomic E-state index is 11.7. The fraction of sp³-hybridized carbons (Fsp3) is 0.444. The summed E-state index contributed by atoms with van der Waals surface area (Å²) in [4.78, 5) is 13.9. The van der Waals surface area contributed by atoms with Crippen LogP contribution in [-0.4, -0.2) is 35.6 Å². The van der Waals surface area contributed by atoms with Gasteiger partial charge in [0.1, 0.15) is 0 Å². The highest BCUT2D eigenvalue weighted by atomic mass is 79.9. The quantitative estimate of drug-likeness (QED) is 0.918. The van der Waals surface area contributed by atoms with Crippen molar-refractivity contribution in [2.24, 2.45) is 0 Å². The van der Waals surface area contributed by atoms with Crippen molar-refractivity contribution in [1.29, 1.82) is 0 Å². The second-order valence-electron chi connectivity index (χ2n) is 3.14. The van der Waals surface area contributed by atoms with Crippen molar-refractivity contribution >= 4 is 33.2 Å². The van der Waals surface area contributed by atoms with Gasteiger partial charge in [-0.25, -0.2) is 0 Å². The molecule has 1 aromatic heterocycles. The summed E-state index contributed by atoms with van der Waals surface area (Å²) in [6.45, 7) is 2.02. The third kappa shape index (κ3) is 3.08. The Morgan fingerprint density at radius 3 is 2.79 bits per heavy atom. The molecule has 1 rings (SSSR count). The van der Waals surface area contributed by atoms with E-state index in [2.05, 4.69) is 15.9 Å². The van der Waals surface area contributed by atoms with Crippen molar-refractivity contribution in [2.45, 2.75) is 13.0 Å². The standard InChI is InChI=1S/C9H12BrNO2S/c1-6(12)5-11(2)9(13)7-3-4-8(10)14-7/h3-4,6,12H,5H2,1-2H3. The fourth-order valence-electron chi connectivity index (χ4n) is 1.10. The Balaban J connectivity index is 2.65. The number of likely N-dealkylation sites (N-methyl/N-ethyl adjacent to an activating group) is 1. The first-order chi connectivity index (χ1) is 6.50. The van der Waals surface area contributed by atoms with Crippen molar-refractivity contribution in [3.63, 3.8) is 0 Å². The van der Waals surface area contributed by atoms with E-state index in [9.17, 15) is 4.79 Å². The SMILES string of the molecule is CC(O)CN(C)C(=O)c1ccc(Br)s1. The molecule has 0 fully saturated rings. The lowest BCUT2D eigenvalue weighted by atomic mass is 10.3. The number of halogens is 1. The van der Waals surface area contributed by atoms with E-state index in [1.807, 2.05) is 6.07 Å². The Hall–Kier alpha value is -0.390. The van der Waals surface area contributed by atoms with E-state index in [0.717, 1.165) is 3.79 Å². The molecule has 0 aliphatic heterocycles. The third-order valence-corrected chi connectivity index (χ3v) is 3.28. The number of thiophene rings is 1. The lowest BCUT2D eigenvalue weighted by Crippen LogP contribution is -2.32. The van der Waals surface area contributed by atoms with Crippen LogP contribution in [-0.2, 0) is 0 Å². The van der Waals surface area contributed by atoms with Gasteiger partial charge in [0.2, 0.25) is 0 Å². The van der Waals surface area contributed by atoms with Crippen LogP contribution in [0.25, 0.3) is 0 Å². The lowest BCUT2D eigenvalue weighted by molar-refractivity contribution is 0.0708. The summed E-state index contributed by atoms with van der Waals surface area (Å²) in [6.07, 6.45) is -0.493. The molecular formula is C9H12BrNO2S. The van der Waals surface area contributed by atoms with Crippen LogP contribution in [0.15, 0.2) is 15.9 Å². The Morgan fingerprint density at radius 2 is 2.36 bits per heavy atom. The highest BCUT2D eigenvalue weighted by Gasteiger charge is 2.14. The smallest absolute Gasteiger partial charge is 0.263 e. The van der Waals surface area contributed by atoms with Gasteiger partial charge in [0, 0.05) is 13.6 Å². The van der Waals surface area contributed by atoms with Gasteiger partial charge in [-0.3, -0.25) is 4.79 Å². The molecule has 3 nitrogen and oxygen atoms in total. The molecule has 1 aromatic rings. The molecule has 1 heterocycles. The van der Waals surface area contributed by atoms with Gasteiger partial charge in [-0.05, 0) is 35.0 Å². The summed E-state index contributed by atoms with van der Waals surface area (Å²) in [5.41, 5.74) is 0. The van der Waals surface area contributed by atoms with Crippen LogP contribution in [0.4, 0.5) is 0 Å². The van der Waals surface area contributed by atoms with Crippen LogP contribution in [0.3, 0.4) is 0 Å². The Bertz CT molecular complexity index is 324. The topological polar surface area (TPSA) is 40.5 Å². The second kappa shape index (κ2) is 4.91. The number of amides is 1. The minimum absolute atomic E-state index is 0.0541. The highest BCUT2D eigenvalue weighted by Crippen LogP contribution is 2.22. The molecule has 0 saturated heterocycles. The van der Waals surface area contributed by atoms with Crippen molar-refractivity contribution < 1.29 is 9.90 Å². The van der Waals surface area contributed by atoms with E-state index in [-0.39, 0.29) is 5.91 Å². The van der Waals surface area contributed by atoms with Gasteiger partial charge in [0.25, 0.3) is 5.91 Å². The number of carbonyl (C=O) groups is 1. The normalized spacial score (nSPS) is 12.6. The minimum Gasteiger partial charge on any atom is -0.392 e. The molecule has 0 spiro atoms. The van der Waals surface area contributed by atoms with Crippen LogP contribution in [0.2, 0.25) is 0 Å². The van der Waals surface area contributed by atoms with Crippen molar-refractivity contribution in [1.82, 2.24) is 4.90 Å². The lowest BCUT2D eigenvalue weighted by Gasteiger charge is -2.17. The molecule has 0 saturated carbocycles. The monoisotopic (exact) mass is 277 g/mol. The largest absolute Gasteiger partial charge is 0.392 e. The zero-order valence-corrected chi connectivity index (χ0v) is 10.4. The molecule has 0 aliphatic rings. The molecule has 1 unspecified atom stereocenters. The summed E-state index contributed by atoms with van der Waals surface area (Å²) >= 11 is 4.69. The van der Waals surface area contributed by atoms with Crippen LogP contribution < -0.4 is 0 Å². The molecule has 0 radical (unpaired) electrons. The number of aliphatic hydroxyl groups excluding tert-OH is 1. The average molecular weight is 278 g/mol. The van der Waals surface area contributed by atoms with Crippen LogP contribution in [0.1, 0.15) is 16.6 Å². The highest BCUT2D eigenvalue weighted by molar-refractivity contribution is 9.11. The van der Waals surface area contributed by atoms with Crippen LogP contribution in [0, 0.1) is 0 Å². The van der Waals surface area contributed by atoms with Crippen LogP contribution in [0.5, 0.6) is 0 Å². The summed E-state index contributed by atoms with van der Waals surface area (Å²) in [6, 6.07) is 3.61. The summed E-state index contributed by atoms with van der Waals surface area (Å²) in [5, 5.41) is 9.12. The molecular weight excluding hydrogens is 266 g/mol. The fourth-order valence-corrected chi connectivity index (χ4v) is 2.48. The molecule has 1 atom stereocenters. The summed E-state index contributed by atoms with van der Waals surface area (Å²) in [7, 11) is 1.68. The number of nitrogens with zero attached hydrogens (tertiary/aromatic N) is 1. The van der Waals surface area contributed by atoms with Gasteiger partial charge in [-0.2, -0.15) is 0 Å². The van der Waals surface area contributed by atoms with E-state index in [1.165, 1.54) is 16.2 Å². The number of aliphatic hydroxyl groups is 1. The Morgan fingerprint density at radius 1 is 1.71 bits per heavy atom. The van der Waals surface area contributed by atoms with Crippen molar-refractivity contribution in [3.05, 3.63) is 20.8 Å². The molecule has 0 aromatic carbocycles. The van der Waals surface area contributed by atoms with Gasteiger partial charge in [0.05, 0.1) is 14.8 Å². The minimum atomic E-state index is -0.493. The van der Waals surface area contributed by atoms with Gasteiger partial charge in [0.15, 0.2) is 0 Å². The molecule has 5 heteroatoms. The maximum Gasteiger partial charge on any atom is 0.263 e. The van der Waals surface area contributed by atoms with Gasteiger partial charge in [-0.1, -0.05) is 0 Å². The zero-order chi connectivity index (χ0) is 10.7. The summed E-state index contributed by atoms with van der Waals surface area (Å²) in [5.74, 6) is -0.0541. The van der Waals surface area contributed by atoms with E-state index in [4.69, 9.17) is 5.11 Å². The summed E-state index contributed by atoms with van der Waals surface area (Å²) < 4.78 is 0.936. The van der Waals surface area contributed by atoms with Gasteiger partial charge < -0.3 is 10.0 Å². The third-order valence-electron chi connectivity index (χ3n) is 1.67. The second-order valence-corrected chi connectivity index (χ2v) is 5.60. The number of carbonyl (C=O) groups excluding carboxylic acids is 1. The van der Waals surface area contributed by atoms with E-state index in [1.54, 1.807) is 20.0 Å². The molecule has 14 heavy (non-hydrogen) atoms. The Kier molecular flexibility index (Phi) is 4.10. The molecule has 1 amide bonds. The molecule has 78 valence electrons. The van der Waals surface area contributed by atoms with Gasteiger partial charge in [-0.15, -0.1) is 11.3 Å². The number of rotatable bonds is 3. The van der Waals surface area contributed by atoms with Gasteiger partial charge >= 0.3 is 0 Å². The first-order valence-corrected chi connectivity index (χ1v) is 5.80. The van der Waals surface area contributed by atoms with E-state index in [0.29, 0.717) is 11.4 Å². The number of hydrogen-bond donors (Lipinski definition) is 1. The van der Waals surface area contributed by atoms with E-state index >= 15 is 0 Å². The van der Waals surface area contributed by atoms with Crippen LogP contribution >= 0.6 is 27.3 Å². The van der Waals surface area contributed by atoms with Crippen molar-refractivity contribution in [3.8, 4) is 0 Å². The Labute approximate surface area is 95.5 Å². The maximum absolute atomic E-state index is 11.7. The van der Waals surface area contributed by atoms with E-state index < -0.39 is 6.10 Å². The predicted octanol–water partition coefficient (Wildman–Crippen LogP) is 1.96. The first kappa shape index (κ1) is 11.7. The predicted molar refractivity (Wildman–Crippen MR) is 60.7 cm³/mol. The number of hydrogen-bond acceptors (Lipinski definition) is 3. The zero-order valence-electron chi connectivity index (χ0n) is 8.03. The first-order valence-electron chi connectivity index (χ1n) is 4.19. The van der Waals surface area contributed by atoms with Crippen molar-refractivity contribution in [2.75, 3.05) is 13.6 Å². The molecule has 0 bridgehead atoms. The molecule has 0 aliphatic carbocycles. The molecule has 1 N–H and O–H groups in total. The average Bonchev–Trinajstić information content (AvgIpc) is 2.49.